The van der Waals surface area contributed by atoms with Gasteiger partial charge >= 0.3 is 5.12 Å². The Bertz CT molecular complexity index is 456. The Hall–Kier alpha value is -1.67. The number of sulfone groups is 1. The third-order valence-corrected chi connectivity index (χ3v) is 2.86. The summed E-state index contributed by atoms with van der Waals surface area (Å²) in [4.78, 5) is 10.5. The molecule has 13 heavy (non-hydrogen) atoms. The van der Waals surface area contributed by atoms with Crippen molar-refractivity contribution in [3.8, 4) is 6.07 Å². The number of nitrogens with zero attached hydrogens (tertiary/aromatic N) is 1. The van der Waals surface area contributed by atoms with Crippen molar-refractivity contribution in [3.05, 3.63) is 30.3 Å². The monoisotopic (exact) mass is 195 g/mol. The quantitative estimate of drug-likeness (QED) is 0.612. The average molecular weight is 195 g/mol. The second-order valence-electron chi connectivity index (χ2n) is 2.22. The van der Waals surface area contributed by atoms with Crippen molar-refractivity contribution in [2.45, 2.75) is 4.90 Å². The van der Waals surface area contributed by atoms with Crippen LogP contribution in [0, 0.1) is 11.3 Å². The van der Waals surface area contributed by atoms with Crippen LogP contribution in [0.4, 0.5) is 0 Å². The molecule has 5 heteroatoms. The molecule has 0 aliphatic carbocycles. The van der Waals surface area contributed by atoms with Crippen LogP contribution >= 0.6 is 0 Å². The smallest absolute Gasteiger partial charge is 0.264 e. The minimum Gasteiger partial charge on any atom is -0.264 e. The molecule has 0 aliphatic heterocycles. The topological polar surface area (TPSA) is 75.0 Å². The van der Waals surface area contributed by atoms with Crippen LogP contribution in [-0.4, -0.2) is 13.5 Å². The van der Waals surface area contributed by atoms with Gasteiger partial charge in [-0.25, -0.2) is 8.42 Å². The maximum absolute atomic E-state index is 11.2. The summed E-state index contributed by atoms with van der Waals surface area (Å²) < 4.78 is 22.4. The molecule has 1 aromatic rings. The normalized spacial score (nSPS) is 10.4. The van der Waals surface area contributed by atoms with E-state index in [0.717, 1.165) is 6.07 Å². The van der Waals surface area contributed by atoms with E-state index in [2.05, 4.69) is 0 Å². The molecule has 0 amide bonds. The van der Waals surface area contributed by atoms with E-state index in [1.165, 1.54) is 24.3 Å². The molecule has 0 aliphatic rings. The van der Waals surface area contributed by atoms with E-state index in [4.69, 9.17) is 5.26 Å². The fraction of sp³-hybridized carbons (Fsp3) is 0. The molecule has 0 saturated carbocycles. The van der Waals surface area contributed by atoms with Crippen molar-refractivity contribution < 1.29 is 13.2 Å². The van der Waals surface area contributed by atoms with E-state index in [9.17, 15) is 13.2 Å². The number of rotatable bonds is 1. The van der Waals surface area contributed by atoms with Crippen molar-refractivity contribution in [2.24, 2.45) is 0 Å². The van der Waals surface area contributed by atoms with Gasteiger partial charge in [-0.1, -0.05) is 18.2 Å². The number of nitriles is 1. The summed E-state index contributed by atoms with van der Waals surface area (Å²) in [5, 5.41) is 6.72. The third-order valence-electron chi connectivity index (χ3n) is 1.39. The Labute approximate surface area is 75.3 Å². The van der Waals surface area contributed by atoms with E-state index in [-0.39, 0.29) is 4.90 Å². The predicted octanol–water partition coefficient (Wildman–Crippen LogP) is 0.510. The minimum atomic E-state index is -4.09. The fourth-order valence-electron chi connectivity index (χ4n) is 0.767. The summed E-state index contributed by atoms with van der Waals surface area (Å²) in [6, 6.07) is 8.20. The fourth-order valence-corrected chi connectivity index (χ4v) is 1.62. The van der Waals surface area contributed by atoms with Crippen molar-refractivity contribution in [3.63, 3.8) is 0 Å². The van der Waals surface area contributed by atoms with Crippen molar-refractivity contribution >= 4 is 15.0 Å². The molecule has 0 bridgehead atoms. The van der Waals surface area contributed by atoms with Crippen LogP contribution in [0.1, 0.15) is 0 Å². The Morgan fingerprint density at radius 2 is 1.77 bits per heavy atom. The molecule has 0 N–H and O–H groups in total. The zero-order valence-corrected chi connectivity index (χ0v) is 7.28. The van der Waals surface area contributed by atoms with Gasteiger partial charge < -0.3 is 0 Å². The average Bonchev–Trinajstić information content (AvgIpc) is 2.18. The number of benzene rings is 1. The highest BCUT2D eigenvalue weighted by molar-refractivity contribution is 8.06. The molecule has 0 heterocycles. The van der Waals surface area contributed by atoms with Crippen LogP contribution in [0.2, 0.25) is 0 Å². The molecule has 0 fully saturated rings. The van der Waals surface area contributed by atoms with Gasteiger partial charge in [0.1, 0.15) is 0 Å². The lowest BCUT2D eigenvalue weighted by molar-refractivity contribution is -0.107. The molecule has 0 saturated heterocycles. The maximum Gasteiger partial charge on any atom is 0.350 e. The van der Waals surface area contributed by atoms with Crippen LogP contribution < -0.4 is 0 Å². The third kappa shape index (κ3) is 1.73. The molecule has 0 atom stereocenters. The van der Waals surface area contributed by atoms with E-state index in [1.54, 1.807) is 6.07 Å². The highest BCUT2D eigenvalue weighted by Crippen LogP contribution is 2.09. The first-order chi connectivity index (χ1) is 6.09. The highest BCUT2D eigenvalue weighted by atomic mass is 32.2. The lowest BCUT2D eigenvalue weighted by Crippen LogP contribution is -2.12. The number of carbonyl (C=O) groups excluding carboxylic acids is 1. The molecular formula is C8H5NO3S. The molecule has 66 valence electrons. The molecule has 0 spiro atoms. The standard InChI is InChI=1S/C8H5NO3S/c9-6-8(10)13(11,12)7-4-2-1-3-5-7/h1-5H. The number of carbonyl (C=O) groups is 1. The highest BCUT2D eigenvalue weighted by Gasteiger charge is 2.23. The van der Waals surface area contributed by atoms with Gasteiger partial charge in [-0.15, -0.1) is 0 Å². The summed E-state index contributed by atoms with van der Waals surface area (Å²) in [6.45, 7) is 0. The van der Waals surface area contributed by atoms with Gasteiger partial charge in [0.2, 0.25) is 0 Å². The second-order valence-corrected chi connectivity index (χ2v) is 4.06. The minimum absolute atomic E-state index is 0.151. The maximum atomic E-state index is 11.2. The molecule has 0 aromatic heterocycles. The number of hydrogen-bond donors (Lipinski definition) is 0. The van der Waals surface area contributed by atoms with E-state index < -0.39 is 15.0 Å². The van der Waals surface area contributed by atoms with E-state index in [1.807, 2.05) is 0 Å². The first-order valence-corrected chi connectivity index (χ1v) is 4.81. The van der Waals surface area contributed by atoms with Gasteiger partial charge in [0.05, 0.1) is 4.90 Å². The Morgan fingerprint density at radius 1 is 1.23 bits per heavy atom. The van der Waals surface area contributed by atoms with E-state index in [0.29, 0.717) is 0 Å². The summed E-state index contributed by atoms with van der Waals surface area (Å²) >= 11 is 0. The molecule has 1 rings (SSSR count). The van der Waals surface area contributed by atoms with Crippen molar-refractivity contribution in [1.29, 1.82) is 5.26 Å². The molecule has 0 unspecified atom stereocenters. The summed E-state index contributed by atoms with van der Waals surface area (Å²) in [5.74, 6) is 0. The predicted molar refractivity (Wildman–Crippen MR) is 44.2 cm³/mol. The van der Waals surface area contributed by atoms with Gasteiger partial charge in [-0.05, 0) is 12.1 Å². The Morgan fingerprint density at radius 3 is 2.23 bits per heavy atom. The SMILES string of the molecule is N#CC(=O)S(=O)(=O)c1ccccc1. The van der Waals surface area contributed by atoms with Crippen LogP contribution in [0.15, 0.2) is 35.2 Å². The van der Waals surface area contributed by atoms with Gasteiger partial charge in [0.25, 0.3) is 9.84 Å². The summed E-state index contributed by atoms with van der Waals surface area (Å²) in [6.07, 6.45) is 0. The van der Waals surface area contributed by atoms with Crippen LogP contribution in [-0.2, 0) is 14.6 Å². The van der Waals surface area contributed by atoms with Crippen molar-refractivity contribution in [1.82, 2.24) is 0 Å². The molecule has 0 radical (unpaired) electrons. The lowest BCUT2D eigenvalue weighted by Gasteiger charge is -1.95. The number of hydrogen-bond acceptors (Lipinski definition) is 4. The van der Waals surface area contributed by atoms with Crippen LogP contribution in [0.25, 0.3) is 0 Å². The lowest BCUT2D eigenvalue weighted by atomic mass is 10.4. The molecule has 4 nitrogen and oxygen atoms in total. The zero-order valence-electron chi connectivity index (χ0n) is 6.47. The van der Waals surface area contributed by atoms with Crippen molar-refractivity contribution in [2.75, 3.05) is 0 Å². The summed E-state index contributed by atoms with van der Waals surface area (Å²) in [7, 11) is -4.09. The Kier molecular flexibility index (Phi) is 2.44. The summed E-state index contributed by atoms with van der Waals surface area (Å²) in [5.41, 5.74) is 0. The largest absolute Gasteiger partial charge is 0.350 e. The zero-order chi connectivity index (χ0) is 9.90. The first kappa shape index (κ1) is 9.42. The van der Waals surface area contributed by atoms with Crippen LogP contribution in [0.3, 0.4) is 0 Å². The van der Waals surface area contributed by atoms with Gasteiger partial charge in [0.15, 0.2) is 6.07 Å². The molecule has 1 aromatic carbocycles. The molecular weight excluding hydrogens is 190 g/mol. The van der Waals surface area contributed by atoms with Crippen LogP contribution in [0.5, 0.6) is 0 Å². The van der Waals surface area contributed by atoms with Gasteiger partial charge in [0, 0.05) is 0 Å². The van der Waals surface area contributed by atoms with Gasteiger partial charge in [-0.2, -0.15) is 5.26 Å². The van der Waals surface area contributed by atoms with E-state index >= 15 is 0 Å². The van der Waals surface area contributed by atoms with Gasteiger partial charge in [-0.3, -0.25) is 4.79 Å². The first-order valence-electron chi connectivity index (χ1n) is 3.33. The Balaban J connectivity index is 3.27. The second kappa shape index (κ2) is 3.37.